The number of hydrogen-bond acceptors (Lipinski definition) is 7. The predicted molar refractivity (Wildman–Crippen MR) is 109 cm³/mol. The van der Waals surface area contributed by atoms with E-state index in [9.17, 15) is 36.7 Å². The normalized spacial score (nSPS) is 11.7. The van der Waals surface area contributed by atoms with Crippen molar-refractivity contribution >= 4 is 59.4 Å². The molecule has 0 unspecified atom stereocenters. The van der Waals surface area contributed by atoms with Crippen molar-refractivity contribution in [1.82, 2.24) is 0 Å². The molecule has 0 atom stereocenters. The Labute approximate surface area is 187 Å². The maximum atomic E-state index is 13.1. The third-order valence-electron chi connectivity index (χ3n) is 4.28. The van der Waals surface area contributed by atoms with E-state index in [-0.39, 0.29) is 47.5 Å². The van der Waals surface area contributed by atoms with Gasteiger partial charge in [0.05, 0.1) is 42.5 Å². The molecule has 8 radical (unpaired) electrons. The number of hydrogen-bond donors (Lipinski definition) is 2. The molecule has 164 valence electrons. The highest BCUT2D eigenvalue weighted by atomic mass is 32.2. The van der Waals surface area contributed by atoms with E-state index < -0.39 is 57.6 Å². The van der Waals surface area contributed by atoms with Crippen LogP contribution in [0.3, 0.4) is 0 Å². The van der Waals surface area contributed by atoms with E-state index in [0.717, 1.165) is 0 Å². The lowest BCUT2D eigenvalue weighted by Gasteiger charge is -2.23. The molecule has 0 spiro atoms. The molecule has 1 aromatic carbocycles. The molecule has 0 heterocycles. The zero-order chi connectivity index (χ0) is 24.9. The van der Waals surface area contributed by atoms with Gasteiger partial charge in [-0.2, -0.15) is 17.2 Å². The lowest BCUT2D eigenvalue weighted by atomic mass is 9.72. The SMILES string of the molecule is [B]Cc1c(C[B])c(C[B])c(C(=O)OCC(=O)OCC(F)(F)S(=O)(=O)O)c(C(=O)O)c1C[B]. The molecule has 2 N–H and O–H groups in total. The minimum absolute atomic E-state index is 0.0139. The number of carbonyl (C=O) groups excluding carboxylic acids is 2. The third-order valence-corrected chi connectivity index (χ3v) is 5.15. The molecule has 0 aromatic heterocycles. The van der Waals surface area contributed by atoms with Crippen molar-refractivity contribution in [1.29, 1.82) is 0 Å². The Bertz CT molecular complexity index is 1020. The molecule has 0 aliphatic heterocycles. The Morgan fingerprint density at radius 2 is 1.28 bits per heavy atom. The highest BCUT2D eigenvalue weighted by molar-refractivity contribution is 7.86. The summed E-state index contributed by atoms with van der Waals surface area (Å²) < 4.78 is 64.2. The number of aromatic carboxylic acids is 1. The molecular weight excluding hydrogens is 449 g/mol. The summed E-state index contributed by atoms with van der Waals surface area (Å²) in [5, 5.41) is 4.83. The summed E-state index contributed by atoms with van der Waals surface area (Å²) >= 11 is 0. The summed E-state index contributed by atoms with van der Waals surface area (Å²) in [5.41, 5.74) is -0.658. The van der Waals surface area contributed by atoms with Gasteiger partial charge in [0.2, 0.25) is 0 Å². The summed E-state index contributed by atoms with van der Waals surface area (Å²) in [6.07, 6.45) is -1.09. The fourth-order valence-corrected chi connectivity index (χ4v) is 3.06. The predicted octanol–water partition coefficient (Wildman–Crippen LogP) is -0.761. The van der Waals surface area contributed by atoms with E-state index in [1.54, 1.807) is 0 Å². The monoisotopic (exact) mass is 464 g/mol. The Kier molecular flexibility index (Phi) is 9.51. The largest absolute Gasteiger partial charge is 0.478 e. The lowest BCUT2D eigenvalue weighted by molar-refractivity contribution is -0.153. The Hall–Kier alpha value is -2.34. The molecule has 32 heavy (non-hydrogen) atoms. The summed E-state index contributed by atoms with van der Waals surface area (Å²) in [7, 11) is 16.8. The van der Waals surface area contributed by atoms with Crippen LogP contribution in [0, 0.1) is 0 Å². The van der Waals surface area contributed by atoms with Gasteiger partial charge in [0, 0.05) is 0 Å². The lowest BCUT2D eigenvalue weighted by Crippen LogP contribution is -2.35. The first-order valence-corrected chi connectivity index (χ1v) is 10.1. The number of alkyl halides is 2. The van der Waals surface area contributed by atoms with Crippen LogP contribution < -0.4 is 0 Å². The third kappa shape index (κ3) is 5.91. The molecule has 1 aromatic rings. The first kappa shape index (κ1) is 27.7. The van der Waals surface area contributed by atoms with Crippen LogP contribution >= 0.6 is 0 Å². The van der Waals surface area contributed by atoms with E-state index in [4.69, 9.17) is 35.9 Å². The minimum Gasteiger partial charge on any atom is -0.478 e. The fraction of sp³-hybridized carbons (Fsp3) is 0.438. The molecule has 0 fully saturated rings. The smallest absolute Gasteiger partial charge is 0.402 e. The molecule has 0 bridgehead atoms. The van der Waals surface area contributed by atoms with Gasteiger partial charge in [-0.3, -0.25) is 4.55 Å². The van der Waals surface area contributed by atoms with E-state index in [1.807, 2.05) is 0 Å². The van der Waals surface area contributed by atoms with Gasteiger partial charge in [-0.15, -0.1) is 0 Å². The first-order chi connectivity index (χ1) is 14.8. The second kappa shape index (κ2) is 11.0. The van der Waals surface area contributed by atoms with Crippen molar-refractivity contribution in [2.24, 2.45) is 0 Å². The Balaban J connectivity index is 3.28. The van der Waals surface area contributed by atoms with Crippen molar-refractivity contribution in [3.63, 3.8) is 0 Å². The van der Waals surface area contributed by atoms with Crippen molar-refractivity contribution in [2.45, 2.75) is 30.5 Å². The van der Waals surface area contributed by atoms with Crippen LogP contribution in [-0.2, 0) is 49.7 Å². The number of rotatable bonds is 11. The Morgan fingerprint density at radius 1 is 0.844 bits per heavy atom. The van der Waals surface area contributed by atoms with Crippen LogP contribution in [0.5, 0.6) is 0 Å². The van der Waals surface area contributed by atoms with Gasteiger partial charge in [-0.25, -0.2) is 14.4 Å². The van der Waals surface area contributed by atoms with E-state index in [2.05, 4.69) is 9.47 Å². The highest BCUT2D eigenvalue weighted by Crippen LogP contribution is 2.30. The maximum absolute atomic E-state index is 13.1. The molecule has 16 heteroatoms. The van der Waals surface area contributed by atoms with Gasteiger partial charge in [-0.05, 0) is 11.1 Å². The van der Waals surface area contributed by atoms with Crippen LogP contribution in [-0.4, -0.2) is 85.8 Å². The van der Waals surface area contributed by atoms with Gasteiger partial charge < -0.3 is 14.6 Å². The first-order valence-electron chi connectivity index (χ1n) is 8.67. The average molecular weight is 464 g/mol. The zero-order valence-corrected chi connectivity index (χ0v) is 17.3. The topological polar surface area (TPSA) is 144 Å². The molecule has 0 saturated carbocycles. The van der Waals surface area contributed by atoms with Gasteiger partial charge in [0.1, 0.15) is 0 Å². The molecule has 0 aliphatic carbocycles. The van der Waals surface area contributed by atoms with Crippen molar-refractivity contribution < 1.29 is 50.7 Å². The van der Waals surface area contributed by atoms with Crippen LogP contribution in [0.4, 0.5) is 8.78 Å². The average Bonchev–Trinajstić information content (AvgIpc) is 2.72. The zero-order valence-electron chi connectivity index (χ0n) is 16.5. The Morgan fingerprint density at radius 3 is 1.66 bits per heavy atom. The summed E-state index contributed by atoms with van der Waals surface area (Å²) in [6, 6.07) is 0. The number of benzene rings is 1. The molecule has 0 aliphatic rings. The second-order valence-electron chi connectivity index (χ2n) is 6.14. The number of carbonyl (C=O) groups is 3. The van der Waals surface area contributed by atoms with Crippen LogP contribution in [0.25, 0.3) is 0 Å². The minimum atomic E-state index is -5.85. The maximum Gasteiger partial charge on any atom is 0.402 e. The second-order valence-corrected chi connectivity index (χ2v) is 7.68. The molecular formula is C16H14B4F2O9S. The number of ether oxygens (including phenoxy) is 2. The van der Waals surface area contributed by atoms with Crippen LogP contribution in [0.15, 0.2) is 0 Å². The van der Waals surface area contributed by atoms with Gasteiger partial charge in [0.15, 0.2) is 13.2 Å². The van der Waals surface area contributed by atoms with Gasteiger partial charge in [0.25, 0.3) is 0 Å². The molecule has 9 nitrogen and oxygen atoms in total. The molecule has 1 rings (SSSR count). The van der Waals surface area contributed by atoms with Crippen molar-refractivity contribution in [3.8, 4) is 0 Å². The summed E-state index contributed by atoms with van der Waals surface area (Å²) in [4.78, 5) is 36.0. The van der Waals surface area contributed by atoms with E-state index in [1.165, 1.54) is 0 Å². The fourth-order valence-electron chi connectivity index (χ4n) is 2.85. The molecule has 0 amide bonds. The van der Waals surface area contributed by atoms with Gasteiger partial charge in [-0.1, -0.05) is 36.4 Å². The number of halogens is 2. The quantitative estimate of drug-likeness (QED) is 0.246. The highest BCUT2D eigenvalue weighted by Gasteiger charge is 2.45. The van der Waals surface area contributed by atoms with Crippen LogP contribution in [0.1, 0.15) is 43.0 Å². The van der Waals surface area contributed by atoms with Gasteiger partial charge >= 0.3 is 33.3 Å². The van der Waals surface area contributed by atoms with Crippen molar-refractivity contribution in [2.75, 3.05) is 13.2 Å². The number of carboxylic acids is 1. The van der Waals surface area contributed by atoms with E-state index in [0.29, 0.717) is 0 Å². The van der Waals surface area contributed by atoms with Crippen LogP contribution in [0.2, 0.25) is 0 Å². The summed E-state index contributed by atoms with van der Waals surface area (Å²) in [6.45, 7) is -3.34. The number of carboxylic acid groups (broad SMARTS) is 1. The van der Waals surface area contributed by atoms with Crippen molar-refractivity contribution in [3.05, 3.63) is 33.4 Å². The standard InChI is InChI=1S/C16H14B4F2O9S/c17-1-7-8(2-18)10(4-20)13(12(14(24)25)9(7)3-19)15(26)30-5-11(23)31-6-16(21,22)32(27,28)29/h1-6H2,(H,24,25)(H,27,28,29). The molecule has 0 saturated heterocycles. The number of esters is 2. The summed E-state index contributed by atoms with van der Waals surface area (Å²) in [5.74, 6) is -4.57. The van der Waals surface area contributed by atoms with E-state index >= 15 is 0 Å².